The topological polar surface area (TPSA) is 63.6 Å². The highest BCUT2D eigenvalue weighted by Crippen LogP contribution is 2.62. The van der Waals surface area contributed by atoms with Crippen molar-refractivity contribution in [1.82, 2.24) is 0 Å². The van der Waals surface area contributed by atoms with Gasteiger partial charge in [0.25, 0.3) is 0 Å². The smallest absolute Gasteiger partial charge is 0.337 e. The van der Waals surface area contributed by atoms with Crippen LogP contribution in [0.25, 0.3) is 0 Å². The molecule has 0 saturated heterocycles. The highest BCUT2D eigenvalue weighted by atomic mass is 16.5. The first-order chi connectivity index (χ1) is 15.4. The van der Waals surface area contributed by atoms with Crippen LogP contribution < -0.4 is 0 Å². The van der Waals surface area contributed by atoms with Crippen LogP contribution >= 0.6 is 0 Å². The molecule has 168 valence electrons. The number of hydrogen-bond acceptors (Lipinski definition) is 4. The molecule has 0 radical (unpaired) electrons. The number of aromatic hydroxyl groups is 1. The minimum atomic E-state index is -0.312. The van der Waals surface area contributed by atoms with Crippen LogP contribution in [0.5, 0.6) is 5.75 Å². The number of carbonyl (C=O) groups is 2. The van der Waals surface area contributed by atoms with E-state index in [1.54, 1.807) is 0 Å². The Morgan fingerprint density at radius 3 is 2.69 bits per heavy atom. The standard InChI is InChI=1S/C28H32O4/c1-28-14-13-23-22-12-10-21(29)15-19(22)9-11-24(23)26(28)20(16-25(28)30)8-5-17-3-6-18(7-4-17)27(31)32-2/h3-4,6-7,10,12,15,20,23-24,26,29H,5,8-9,11,13-14,16H2,1-2H3. The van der Waals surface area contributed by atoms with E-state index in [-0.39, 0.29) is 11.4 Å². The van der Waals surface area contributed by atoms with Crippen molar-refractivity contribution in [2.45, 2.75) is 57.8 Å². The third-order valence-electron chi connectivity index (χ3n) is 8.73. The summed E-state index contributed by atoms with van der Waals surface area (Å²) in [5, 5.41) is 9.92. The Labute approximate surface area is 190 Å². The quantitative estimate of drug-likeness (QED) is 0.652. The summed E-state index contributed by atoms with van der Waals surface area (Å²) in [5.41, 5.74) is 4.28. The molecule has 0 heterocycles. The van der Waals surface area contributed by atoms with E-state index in [1.807, 2.05) is 36.4 Å². The lowest BCUT2D eigenvalue weighted by molar-refractivity contribution is -0.129. The lowest BCUT2D eigenvalue weighted by Gasteiger charge is -2.50. The summed E-state index contributed by atoms with van der Waals surface area (Å²) >= 11 is 0. The summed E-state index contributed by atoms with van der Waals surface area (Å²) in [6, 6.07) is 13.6. The zero-order chi connectivity index (χ0) is 22.5. The second kappa shape index (κ2) is 8.06. The predicted molar refractivity (Wildman–Crippen MR) is 123 cm³/mol. The van der Waals surface area contributed by atoms with Gasteiger partial charge in [-0.05, 0) is 103 Å². The maximum absolute atomic E-state index is 13.2. The van der Waals surface area contributed by atoms with Crippen molar-refractivity contribution in [3.63, 3.8) is 0 Å². The van der Waals surface area contributed by atoms with Crippen molar-refractivity contribution in [3.05, 3.63) is 64.7 Å². The number of phenolic OH excluding ortho intramolecular Hbond substituents is 1. The van der Waals surface area contributed by atoms with E-state index < -0.39 is 0 Å². The first-order valence-electron chi connectivity index (χ1n) is 11.9. The molecule has 3 aliphatic carbocycles. The summed E-state index contributed by atoms with van der Waals surface area (Å²) in [6.07, 6.45) is 6.79. The minimum absolute atomic E-state index is 0.186. The van der Waals surface area contributed by atoms with E-state index >= 15 is 0 Å². The van der Waals surface area contributed by atoms with Crippen molar-refractivity contribution in [2.75, 3.05) is 7.11 Å². The number of carbonyl (C=O) groups excluding carboxylic acids is 2. The Hall–Kier alpha value is -2.62. The molecular formula is C28H32O4. The molecule has 1 N–H and O–H groups in total. The van der Waals surface area contributed by atoms with E-state index in [2.05, 4.69) is 13.0 Å². The van der Waals surface area contributed by atoms with Gasteiger partial charge in [0.05, 0.1) is 12.7 Å². The van der Waals surface area contributed by atoms with Gasteiger partial charge in [0, 0.05) is 11.8 Å². The summed E-state index contributed by atoms with van der Waals surface area (Å²) < 4.78 is 4.79. The highest BCUT2D eigenvalue weighted by molar-refractivity contribution is 5.89. The van der Waals surface area contributed by atoms with Crippen LogP contribution in [-0.2, 0) is 22.4 Å². The zero-order valence-electron chi connectivity index (χ0n) is 19.0. The Kier molecular flexibility index (Phi) is 5.35. The van der Waals surface area contributed by atoms with E-state index in [0.29, 0.717) is 47.2 Å². The van der Waals surface area contributed by atoms with Crippen LogP contribution in [-0.4, -0.2) is 24.0 Å². The van der Waals surface area contributed by atoms with Crippen molar-refractivity contribution >= 4 is 11.8 Å². The van der Waals surface area contributed by atoms with Crippen molar-refractivity contribution < 1.29 is 19.4 Å². The lowest BCUT2D eigenvalue weighted by atomic mass is 9.54. The zero-order valence-corrected chi connectivity index (χ0v) is 19.0. The number of fused-ring (bicyclic) bond motifs is 5. The summed E-state index contributed by atoms with van der Waals surface area (Å²) in [4.78, 5) is 24.9. The number of Topliss-reactive ketones (excluding diaryl/α,β-unsaturated/α-hetero) is 1. The maximum atomic E-state index is 13.2. The van der Waals surface area contributed by atoms with Crippen molar-refractivity contribution in [2.24, 2.45) is 23.2 Å². The molecule has 0 spiro atoms. The van der Waals surface area contributed by atoms with Gasteiger partial charge in [-0.15, -0.1) is 0 Å². The second-order valence-corrected chi connectivity index (χ2v) is 10.3. The normalized spacial score (nSPS) is 30.9. The Bertz CT molecular complexity index is 1040. The van der Waals surface area contributed by atoms with Gasteiger partial charge in [0.1, 0.15) is 11.5 Å². The number of hydrogen-bond donors (Lipinski definition) is 1. The van der Waals surface area contributed by atoms with Gasteiger partial charge in [-0.1, -0.05) is 25.1 Å². The number of ether oxygens (including phenoxy) is 1. The van der Waals surface area contributed by atoms with Gasteiger partial charge in [-0.25, -0.2) is 4.79 Å². The molecule has 2 saturated carbocycles. The Balaban J connectivity index is 1.36. The summed E-state index contributed by atoms with van der Waals surface area (Å²) in [7, 11) is 1.40. The molecule has 3 aliphatic rings. The molecule has 5 atom stereocenters. The molecule has 5 unspecified atom stereocenters. The molecule has 0 amide bonds. The van der Waals surface area contributed by atoms with E-state index in [1.165, 1.54) is 23.8 Å². The van der Waals surface area contributed by atoms with Gasteiger partial charge in [-0.3, -0.25) is 4.79 Å². The van der Waals surface area contributed by atoms with Crippen LogP contribution in [0, 0.1) is 23.2 Å². The van der Waals surface area contributed by atoms with E-state index in [4.69, 9.17) is 4.74 Å². The fourth-order valence-electron chi connectivity index (χ4n) is 7.17. The third-order valence-corrected chi connectivity index (χ3v) is 8.73. The molecule has 4 nitrogen and oxygen atoms in total. The van der Waals surface area contributed by atoms with Gasteiger partial charge < -0.3 is 9.84 Å². The van der Waals surface area contributed by atoms with Gasteiger partial charge >= 0.3 is 5.97 Å². The molecule has 2 aromatic rings. The fourth-order valence-corrected chi connectivity index (χ4v) is 7.17. The number of ketones is 1. The number of esters is 1. The number of aryl methyl sites for hydroxylation is 2. The monoisotopic (exact) mass is 432 g/mol. The molecule has 0 aliphatic heterocycles. The lowest BCUT2D eigenvalue weighted by Crippen LogP contribution is -2.44. The number of methoxy groups -OCH3 is 1. The van der Waals surface area contributed by atoms with E-state index in [0.717, 1.165) is 38.5 Å². The number of phenols is 1. The van der Waals surface area contributed by atoms with Crippen LogP contribution in [0.4, 0.5) is 0 Å². The second-order valence-electron chi connectivity index (χ2n) is 10.3. The SMILES string of the molecule is COC(=O)c1ccc(CCC2CC(=O)C3(C)CCC4c5ccc(O)cc5CCC4C23)cc1. The fraction of sp³-hybridized carbons (Fsp3) is 0.500. The Morgan fingerprint density at radius 2 is 1.94 bits per heavy atom. The van der Waals surface area contributed by atoms with Crippen LogP contribution in [0.2, 0.25) is 0 Å². The summed E-state index contributed by atoms with van der Waals surface area (Å²) in [6.45, 7) is 2.23. The molecule has 2 fully saturated rings. The van der Waals surface area contributed by atoms with Gasteiger partial charge in [-0.2, -0.15) is 0 Å². The molecular weight excluding hydrogens is 400 g/mol. The first-order valence-corrected chi connectivity index (χ1v) is 11.9. The van der Waals surface area contributed by atoms with Crippen LogP contribution in [0.3, 0.4) is 0 Å². The van der Waals surface area contributed by atoms with Crippen LogP contribution in [0.1, 0.15) is 72.0 Å². The van der Waals surface area contributed by atoms with Crippen LogP contribution in [0.15, 0.2) is 42.5 Å². The minimum Gasteiger partial charge on any atom is -0.508 e. The maximum Gasteiger partial charge on any atom is 0.337 e. The van der Waals surface area contributed by atoms with Gasteiger partial charge in [0.2, 0.25) is 0 Å². The number of rotatable bonds is 4. The molecule has 4 heteroatoms. The largest absolute Gasteiger partial charge is 0.508 e. The number of benzene rings is 2. The molecule has 32 heavy (non-hydrogen) atoms. The predicted octanol–water partition coefficient (Wildman–Crippen LogP) is 5.46. The Morgan fingerprint density at radius 1 is 1.16 bits per heavy atom. The highest BCUT2D eigenvalue weighted by Gasteiger charge is 2.58. The average Bonchev–Trinajstić information content (AvgIpc) is 3.07. The third kappa shape index (κ3) is 3.44. The molecule has 0 aromatic heterocycles. The first kappa shape index (κ1) is 21.2. The molecule has 0 bridgehead atoms. The summed E-state index contributed by atoms with van der Waals surface area (Å²) in [5.74, 6) is 2.41. The molecule has 5 rings (SSSR count). The molecule has 2 aromatic carbocycles. The van der Waals surface area contributed by atoms with E-state index in [9.17, 15) is 14.7 Å². The van der Waals surface area contributed by atoms with Gasteiger partial charge in [0.15, 0.2) is 0 Å². The van der Waals surface area contributed by atoms with Crippen molar-refractivity contribution in [3.8, 4) is 5.75 Å². The average molecular weight is 433 g/mol. The van der Waals surface area contributed by atoms with Crippen molar-refractivity contribution in [1.29, 1.82) is 0 Å².